The molecule has 0 saturated carbocycles. The van der Waals surface area contributed by atoms with E-state index >= 15 is 0 Å². The fourth-order valence-electron chi connectivity index (χ4n) is 2.32. The average Bonchev–Trinajstić information content (AvgIpc) is 3.03. The van der Waals surface area contributed by atoms with Gasteiger partial charge in [-0.15, -0.1) is 0 Å². The molecule has 5 heteroatoms. The van der Waals surface area contributed by atoms with Crippen molar-refractivity contribution < 1.29 is 4.79 Å². The van der Waals surface area contributed by atoms with Gasteiger partial charge in [0.1, 0.15) is 0 Å². The van der Waals surface area contributed by atoms with Crippen LogP contribution in [-0.4, -0.2) is 16.1 Å². The summed E-state index contributed by atoms with van der Waals surface area (Å²) >= 11 is 3.43. The summed E-state index contributed by atoms with van der Waals surface area (Å²) in [5, 5.41) is 9.86. The van der Waals surface area contributed by atoms with Crippen molar-refractivity contribution in [2.24, 2.45) is 0 Å². The topological polar surface area (TPSA) is 57.8 Å². The second kappa shape index (κ2) is 6.79. The Kier molecular flexibility index (Phi) is 4.57. The molecule has 3 aromatic rings. The third-order valence-electron chi connectivity index (χ3n) is 3.57. The van der Waals surface area contributed by atoms with E-state index in [9.17, 15) is 4.79 Å². The van der Waals surface area contributed by atoms with Crippen molar-refractivity contribution in [1.82, 2.24) is 15.5 Å². The van der Waals surface area contributed by atoms with Crippen molar-refractivity contribution in [3.05, 3.63) is 75.9 Å². The molecular formula is C18H16BrN3O. The first-order chi connectivity index (χ1) is 11.1. The van der Waals surface area contributed by atoms with E-state index in [4.69, 9.17) is 0 Å². The third kappa shape index (κ3) is 3.68. The molecule has 1 heterocycles. The van der Waals surface area contributed by atoms with Crippen molar-refractivity contribution in [2.75, 3.05) is 0 Å². The lowest BCUT2D eigenvalue weighted by molar-refractivity contribution is 0.0951. The zero-order valence-electron chi connectivity index (χ0n) is 12.6. The van der Waals surface area contributed by atoms with E-state index < -0.39 is 0 Å². The number of carbonyl (C=O) groups is 1. The van der Waals surface area contributed by atoms with E-state index in [1.165, 1.54) is 5.56 Å². The smallest absolute Gasteiger partial charge is 0.255 e. The van der Waals surface area contributed by atoms with Crippen LogP contribution in [0.1, 0.15) is 21.5 Å². The molecule has 1 amide bonds. The van der Waals surface area contributed by atoms with Crippen molar-refractivity contribution >= 4 is 21.8 Å². The van der Waals surface area contributed by atoms with E-state index in [0.29, 0.717) is 12.1 Å². The molecule has 0 fully saturated rings. The number of amides is 1. The molecular weight excluding hydrogens is 354 g/mol. The molecule has 0 atom stereocenters. The summed E-state index contributed by atoms with van der Waals surface area (Å²) in [6, 6.07) is 15.8. The number of nitrogens with zero attached hydrogens (tertiary/aromatic N) is 1. The summed E-state index contributed by atoms with van der Waals surface area (Å²) in [7, 11) is 0. The standard InChI is InChI=1S/C18H16BrN3O/c1-12-5-7-14(8-6-12)17-16(11-21-22-17)18(23)20-10-13-3-2-4-15(19)9-13/h2-9,11H,10H2,1H3,(H,20,23)(H,21,22). The molecule has 23 heavy (non-hydrogen) atoms. The van der Waals surface area contributed by atoms with E-state index in [2.05, 4.69) is 31.4 Å². The van der Waals surface area contributed by atoms with Crippen LogP contribution in [0.3, 0.4) is 0 Å². The molecule has 0 aliphatic heterocycles. The van der Waals surface area contributed by atoms with Crippen LogP contribution in [0.25, 0.3) is 11.3 Å². The summed E-state index contributed by atoms with van der Waals surface area (Å²) in [5.41, 5.74) is 4.43. The van der Waals surface area contributed by atoms with E-state index in [1.807, 2.05) is 55.5 Å². The molecule has 2 aromatic carbocycles. The largest absolute Gasteiger partial charge is 0.348 e. The van der Waals surface area contributed by atoms with Gasteiger partial charge in [-0.05, 0) is 24.6 Å². The first-order valence-corrected chi connectivity index (χ1v) is 8.06. The van der Waals surface area contributed by atoms with Gasteiger partial charge in [0.25, 0.3) is 5.91 Å². The van der Waals surface area contributed by atoms with E-state index in [-0.39, 0.29) is 5.91 Å². The van der Waals surface area contributed by atoms with Gasteiger partial charge in [-0.25, -0.2) is 0 Å². The molecule has 4 nitrogen and oxygen atoms in total. The van der Waals surface area contributed by atoms with Crippen molar-refractivity contribution in [1.29, 1.82) is 0 Å². The molecule has 0 bridgehead atoms. The molecule has 0 aliphatic carbocycles. The Morgan fingerprint density at radius 3 is 2.74 bits per heavy atom. The van der Waals surface area contributed by atoms with Crippen LogP contribution in [0, 0.1) is 6.92 Å². The summed E-state index contributed by atoms with van der Waals surface area (Å²) < 4.78 is 0.993. The van der Waals surface area contributed by atoms with Gasteiger partial charge < -0.3 is 5.32 Å². The highest BCUT2D eigenvalue weighted by Gasteiger charge is 2.14. The lowest BCUT2D eigenvalue weighted by Crippen LogP contribution is -2.22. The lowest BCUT2D eigenvalue weighted by atomic mass is 10.1. The minimum Gasteiger partial charge on any atom is -0.348 e. The van der Waals surface area contributed by atoms with Gasteiger partial charge in [0.05, 0.1) is 17.5 Å². The fraction of sp³-hybridized carbons (Fsp3) is 0.111. The van der Waals surface area contributed by atoms with E-state index in [0.717, 1.165) is 21.3 Å². The zero-order valence-corrected chi connectivity index (χ0v) is 14.2. The van der Waals surface area contributed by atoms with Crippen LogP contribution in [-0.2, 0) is 6.54 Å². The van der Waals surface area contributed by atoms with Crippen molar-refractivity contribution in [3.63, 3.8) is 0 Å². The number of H-pyrrole nitrogens is 1. The predicted octanol–water partition coefficient (Wildman–Crippen LogP) is 4.08. The Hall–Kier alpha value is -2.40. The Morgan fingerprint density at radius 2 is 2.00 bits per heavy atom. The SMILES string of the molecule is Cc1ccc(-c2[nH]ncc2C(=O)NCc2cccc(Br)c2)cc1. The number of aromatic nitrogens is 2. The van der Waals surface area contributed by atoms with Crippen LogP contribution in [0.4, 0.5) is 0 Å². The molecule has 1 aromatic heterocycles. The van der Waals surface area contributed by atoms with Crippen molar-refractivity contribution in [2.45, 2.75) is 13.5 Å². The van der Waals surface area contributed by atoms with Crippen LogP contribution < -0.4 is 5.32 Å². The Balaban J connectivity index is 1.76. The average molecular weight is 370 g/mol. The van der Waals surface area contributed by atoms with Gasteiger partial charge in [-0.3, -0.25) is 9.89 Å². The maximum absolute atomic E-state index is 12.4. The third-order valence-corrected chi connectivity index (χ3v) is 4.06. The monoisotopic (exact) mass is 369 g/mol. The molecule has 3 rings (SSSR count). The Bertz CT molecular complexity index is 824. The number of halogens is 1. The first kappa shape index (κ1) is 15.5. The van der Waals surface area contributed by atoms with Crippen LogP contribution in [0.15, 0.2) is 59.2 Å². The molecule has 0 radical (unpaired) electrons. The number of aromatic amines is 1. The summed E-state index contributed by atoms with van der Waals surface area (Å²) in [5.74, 6) is -0.144. The highest BCUT2D eigenvalue weighted by atomic mass is 79.9. The highest BCUT2D eigenvalue weighted by molar-refractivity contribution is 9.10. The normalized spacial score (nSPS) is 10.5. The van der Waals surface area contributed by atoms with Gasteiger partial charge in [-0.2, -0.15) is 5.10 Å². The van der Waals surface area contributed by atoms with Gasteiger partial charge in [0, 0.05) is 16.6 Å². The van der Waals surface area contributed by atoms with Crippen LogP contribution in [0.2, 0.25) is 0 Å². The van der Waals surface area contributed by atoms with E-state index in [1.54, 1.807) is 6.20 Å². The number of carbonyl (C=O) groups excluding carboxylic acids is 1. The Labute approximate surface area is 143 Å². The molecule has 0 aliphatic rings. The lowest BCUT2D eigenvalue weighted by Gasteiger charge is -2.07. The quantitative estimate of drug-likeness (QED) is 0.727. The maximum Gasteiger partial charge on any atom is 0.255 e. The molecule has 0 spiro atoms. The van der Waals surface area contributed by atoms with Gasteiger partial charge in [-0.1, -0.05) is 57.9 Å². The summed E-state index contributed by atoms with van der Waals surface area (Å²) in [6.45, 7) is 2.50. The van der Waals surface area contributed by atoms with Crippen molar-refractivity contribution in [3.8, 4) is 11.3 Å². The zero-order chi connectivity index (χ0) is 16.2. The Morgan fingerprint density at radius 1 is 1.22 bits per heavy atom. The molecule has 0 saturated heterocycles. The van der Waals surface area contributed by atoms with Gasteiger partial charge in [0.15, 0.2) is 0 Å². The fourth-order valence-corrected chi connectivity index (χ4v) is 2.77. The number of rotatable bonds is 4. The summed E-state index contributed by atoms with van der Waals surface area (Å²) in [6.07, 6.45) is 1.56. The minimum atomic E-state index is -0.144. The number of benzene rings is 2. The second-order valence-corrected chi connectivity index (χ2v) is 6.25. The number of hydrogen-bond acceptors (Lipinski definition) is 2. The molecule has 2 N–H and O–H groups in total. The highest BCUT2D eigenvalue weighted by Crippen LogP contribution is 2.21. The molecule has 0 unspecified atom stereocenters. The predicted molar refractivity (Wildman–Crippen MR) is 94.1 cm³/mol. The minimum absolute atomic E-state index is 0.144. The van der Waals surface area contributed by atoms with Gasteiger partial charge >= 0.3 is 0 Å². The summed E-state index contributed by atoms with van der Waals surface area (Å²) in [4.78, 5) is 12.4. The molecule has 116 valence electrons. The number of aryl methyl sites for hydroxylation is 1. The number of hydrogen-bond donors (Lipinski definition) is 2. The number of nitrogens with one attached hydrogen (secondary N) is 2. The second-order valence-electron chi connectivity index (χ2n) is 5.34. The van der Waals surface area contributed by atoms with Crippen LogP contribution >= 0.6 is 15.9 Å². The van der Waals surface area contributed by atoms with Gasteiger partial charge in [0.2, 0.25) is 0 Å². The first-order valence-electron chi connectivity index (χ1n) is 7.26. The maximum atomic E-state index is 12.4. The van der Waals surface area contributed by atoms with Crippen LogP contribution in [0.5, 0.6) is 0 Å².